The molecule has 5 nitrogen and oxygen atoms in total. The fourth-order valence-corrected chi connectivity index (χ4v) is 1.92. The van der Waals surface area contributed by atoms with E-state index >= 15 is 0 Å². The SMILES string of the molecule is CCOCCCNC(=NCc1ccc(OC)cc1)NCCC(F)(F)F. The first-order chi connectivity index (χ1) is 11.9. The van der Waals surface area contributed by atoms with Gasteiger partial charge in [-0.05, 0) is 31.0 Å². The highest BCUT2D eigenvalue weighted by Crippen LogP contribution is 2.18. The second kappa shape index (κ2) is 11.6. The maximum atomic E-state index is 12.3. The standard InChI is InChI=1S/C17H26F3N3O2/c1-3-25-12-4-10-21-16(22-11-9-17(18,19)20)23-13-14-5-7-15(24-2)8-6-14/h5-8H,3-4,9-13H2,1-2H3,(H2,21,22,23). The van der Waals surface area contributed by atoms with Crippen molar-refractivity contribution in [2.45, 2.75) is 32.5 Å². The molecule has 0 aliphatic heterocycles. The molecule has 1 aromatic rings. The molecule has 0 aliphatic rings. The minimum Gasteiger partial charge on any atom is -0.497 e. The van der Waals surface area contributed by atoms with Crippen molar-refractivity contribution in [3.63, 3.8) is 0 Å². The first-order valence-corrected chi connectivity index (χ1v) is 8.24. The van der Waals surface area contributed by atoms with E-state index in [4.69, 9.17) is 9.47 Å². The van der Waals surface area contributed by atoms with E-state index in [-0.39, 0.29) is 6.54 Å². The summed E-state index contributed by atoms with van der Waals surface area (Å²) in [5.74, 6) is 1.10. The van der Waals surface area contributed by atoms with Gasteiger partial charge in [-0.15, -0.1) is 0 Å². The minimum absolute atomic E-state index is 0.219. The average Bonchev–Trinajstić information content (AvgIpc) is 2.58. The van der Waals surface area contributed by atoms with Gasteiger partial charge < -0.3 is 20.1 Å². The zero-order chi connectivity index (χ0) is 18.5. The first kappa shape index (κ1) is 21.1. The van der Waals surface area contributed by atoms with E-state index in [0.717, 1.165) is 17.7 Å². The molecule has 0 radical (unpaired) electrons. The summed E-state index contributed by atoms with van der Waals surface area (Å²) in [6, 6.07) is 7.36. The number of hydrogen-bond donors (Lipinski definition) is 2. The second-order valence-corrected chi connectivity index (χ2v) is 5.28. The Kier molecular flexibility index (Phi) is 9.76. The Morgan fingerprint density at radius 3 is 2.40 bits per heavy atom. The summed E-state index contributed by atoms with van der Waals surface area (Å²) < 4.78 is 47.2. The lowest BCUT2D eigenvalue weighted by atomic mass is 10.2. The van der Waals surface area contributed by atoms with E-state index in [1.807, 2.05) is 31.2 Å². The van der Waals surface area contributed by atoms with Crippen LogP contribution in [0.15, 0.2) is 29.3 Å². The lowest BCUT2D eigenvalue weighted by Crippen LogP contribution is -2.39. The quantitative estimate of drug-likeness (QED) is 0.382. The maximum Gasteiger partial charge on any atom is 0.390 e. The molecule has 0 amide bonds. The molecule has 0 atom stereocenters. The molecule has 1 aromatic carbocycles. The Hall–Kier alpha value is -1.96. The summed E-state index contributed by atoms with van der Waals surface area (Å²) in [7, 11) is 1.59. The summed E-state index contributed by atoms with van der Waals surface area (Å²) in [5.41, 5.74) is 0.937. The number of nitrogens with zero attached hydrogens (tertiary/aromatic N) is 1. The largest absolute Gasteiger partial charge is 0.497 e. The molecule has 0 saturated carbocycles. The van der Waals surface area contributed by atoms with E-state index in [9.17, 15) is 13.2 Å². The molecule has 25 heavy (non-hydrogen) atoms. The molecule has 8 heteroatoms. The molecule has 0 heterocycles. The third-order valence-electron chi connectivity index (χ3n) is 3.24. The van der Waals surface area contributed by atoms with E-state index in [1.54, 1.807) is 7.11 Å². The van der Waals surface area contributed by atoms with Crippen molar-refractivity contribution < 1.29 is 22.6 Å². The van der Waals surface area contributed by atoms with Gasteiger partial charge >= 0.3 is 6.18 Å². The summed E-state index contributed by atoms with van der Waals surface area (Å²) >= 11 is 0. The van der Waals surface area contributed by atoms with Gasteiger partial charge in [0.15, 0.2) is 5.96 Å². The fraction of sp³-hybridized carbons (Fsp3) is 0.588. The highest BCUT2D eigenvalue weighted by molar-refractivity contribution is 5.79. The van der Waals surface area contributed by atoms with Crippen molar-refractivity contribution in [2.75, 3.05) is 33.4 Å². The van der Waals surface area contributed by atoms with Crippen molar-refractivity contribution in [1.29, 1.82) is 0 Å². The van der Waals surface area contributed by atoms with Crippen molar-refractivity contribution in [3.8, 4) is 5.75 Å². The zero-order valence-electron chi connectivity index (χ0n) is 14.7. The first-order valence-electron chi connectivity index (χ1n) is 8.24. The molecular formula is C17H26F3N3O2. The van der Waals surface area contributed by atoms with Gasteiger partial charge in [0.05, 0.1) is 20.1 Å². The smallest absolute Gasteiger partial charge is 0.390 e. The van der Waals surface area contributed by atoms with Crippen LogP contribution >= 0.6 is 0 Å². The molecule has 2 N–H and O–H groups in total. The molecular weight excluding hydrogens is 335 g/mol. The molecule has 0 aromatic heterocycles. The highest BCUT2D eigenvalue weighted by atomic mass is 19.4. The van der Waals surface area contributed by atoms with Crippen molar-refractivity contribution in [1.82, 2.24) is 10.6 Å². The van der Waals surface area contributed by atoms with Crippen LogP contribution in [-0.4, -0.2) is 45.5 Å². The number of hydrogen-bond acceptors (Lipinski definition) is 3. The number of guanidine groups is 1. The summed E-state index contributed by atoms with van der Waals surface area (Å²) in [4.78, 5) is 4.33. The third kappa shape index (κ3) is 10.5. The van der Waals surface area contributed by atoms with Crippen LogP contribution in [0.1, 0.15) is 25.3 Å². The van der Waals surface area contributed by atoms with Crippen LogP contribution < -0.4 is 15.4 Å². The maximum absolute atomic E-state index is 12.3. The number of alkyl halides is 3. The number of rotatable bonds is 10. The van der Waals surface area contributed by atoms with Gasteiger partial charge in [0.2, 0.25) is 0 Å². The van der Waals surface area contributed by atoms with Crippen LogP contribution in [0.3, 0.4) is 0 Å². The molecule has 0 saturated heterocycles. The number of aliphatic imine (C=N–C) groups is 1. The lowest BCUT2D eigenvalue weighted by molar-refractivity contribution is -0.132. The topological polar surface area (TPSA) is 54.9 Å². The van der Waals surface area contributed by atoms with Crippen molar-refractivity contribution >= 4 is 5.96 Å². The molecule has 142 valence electrons. The second-order valence-electron chi connectivity index (χ2n) is 5.28. The average molecular weight is 361 g/mol. The summed E-state index contributed by atoms with van der Waals surface area (Å²) in [6.07, 6.45) is -4.35. The van der Waals surface area contributed by atoms with Gasteiger partial charge in [0.25, 0.3) is 0 Å². The molecule has 0 unspecified atom stereocenters. The van der Waals surface area contributed by atoms with Crippen LogP contribution in [0.4, 0.5) is 13.2 Å². The predicted octanol–water partition coefficient (Wildman–Crippen LogP) is 3.11. The molecule has 0 fully saturated rings. The Morgan fingerprint density at radius 2 is 1.80 bits per heavy atom. The number of nitrogens with one attached hydrogen (secondary N) is 2. The van der Waals surface area contributed by atoms with E-state index < -0.39 is 12.6 Å². The fourth-order valence-electron chi connectivity index (χ4n) is 1.92. The normalized spacial score (nSPS) is 12.1. The Labute approximate surface area is 146 Å². The molecule has 0 spiro atoms. The van der Waals surface area contributed by atoms with Crippen molar-refractivity contribution in [2.24, 2.45) is 4.99 Å². The Morgan fingerprint density at radius 1 is 1.12 bits per heavy atom. The van der Waals surface area contributed by atoms with Crippen molar-refractivity contribution in [3.05, 3.63) is 29.8 Å². The van der Waals surface area contributed by atoms with Crippen LogP contribution in [0.25, 0.3) is 0 Å². The Balaban J connectivity index is 2.54. The molecule has 0 aliphatic carbocycles. The summed E-state index contributed by atoms with van der Waals surface area (Å²) in [6.45, 7) is 3.86. The zero-order valence-corrected chi connectivity index (χ0v) is 14.7. The number of benzene rings is 1. The highest BCUT2D eigenvalue weighted by Gasteiger charge is 2.26. The van der Waals surface area contributed by atoms with Crippen LogP contribution in [0, 0.1) is 0 Å². The molecule has 1 rings (SSSR count). The number of ether oxygens (including phenoxy) is 2. The third-order valence-corrected chi connectivity index (χ3v) is 3.24. The van der Waals surface area contributed by atoms with Gasteiger partial charge in [-0.2, -0.15) is 13.2 Å². The monoisotopic (exact) mass is 361 g/mol. The van der Waals surface area contributed by atoms with Crippen LogP contribution in [0.2, 0.25) is 0 Å². The predicted molar refractivity (Wildman–Crippen MR) is 91.9 cm³/mol. The van der Waals surface area contributed by atoms with E-state index in [1.165, 1.54) is 0 Å². The lowest BCUT2D eigenvalue weighted by Gasteiger charge is -2.14. The molecule has 0 bridgehead atoms. The van der Waals surface area contributed by atoms with E-state index in [2.05, 4.69) is 15.6 Å². The number of halogens is 3. The van der Waals surface area contributed by atoms with Gasteiger partial charge in [0, 0.05) is 26.3 Å². The van der Waals surface area contributed by atoms with Crippen LogP contribution in [0.5, 0.6) is 5.75 Å². The van der Waals surface area contributed by atoms with Crippen LogP contribution in [-0.2, 0) is 11.3 Å². The van der Waals surface area contributed by atoms with E-state index in [0.29, 0.717) is 32.3 Å². The summed E-state index contributed by atoms with van der Waals surface area (Å²) in [5, 5.41) is 5.74. The van der Waals surface area contributed by atoms with Gasteiger partial charge in [-0.3, -0.25) is 0 Å². The minimum atomic E-state index is -4.19. The van der Waals surface area contributed by atoms with Gasteiger partial charge in [-0.25, -0.2) is 4.99 Å². The van der Waals surface area contributed by atoms with Gasteiger partial charge in [0.1, 0.15) is 5.75 Å². The number of methoxy groups -OCH3 is 1. The van der Waals surface area contributed by atoms with Gasteiger partial charge in [-0.1, -0.05) is 12.1 Å². The Bertz CT molecular complexity index is 505.